The van der Waals surface area contributed by atoms with Gasteiger partial charge in [-0.25, -0.2) is 0 Å². The van der Waals surface area contributed by atoms with Crippen LogP contribution in [0.15, 0.2) is 212 Å². The molecular formula is C62H53BN4. The topological polar surface area (TPSA) is 16.3 Å². The van der Waals surface area contributed by atoms with Gasteiger partial charge in [-0.1, -0.05) is 157 Å². The van der Waals surface area contributed by atoms with Crippen LogP contribution in [0, 0.1) is 0 Å². The van der Waals surface area contributed by atoms with Crippen molar-refractivity contribution in [2.75, 3.05) is 9.80 Å². The van der Waals surface area contributed by atoms with Gasteiger partial charge in [-0.3, -0.25) is 0 Å². The van der Waals surface area contributed by atoms with Crippen molar-refractivity contribution >= 4 is 95.5 Å². The molecule has 12 rings (SSSR count). The Labute approximate surface area is 394 Å². The molecular weight excluding hydrogens is 812 g/mol. The van der Waals surface area contributed by atoms with E-state index >= 15 is 0 Å². The van der Waals surface area contributed by atoms with E-state index in [4.69, 9.17) is 0 Å². The minimum Gasteiger partial charge on any atom is -0.376 e. The first kappa shape index (κ1) is 40.7. The molecule has 2 aromatic heterocycles. The van der Waals surface area contributed by atoms with Gasteiger partial charge < -0.3 is 18.8 Å². The third-order valence-electron chi connectivity index (χ3n) is 14.0. The molecule has 5 heteroatoms. The summed E-state index contributed by atoms with van der Waals surface area (Å²) in [5, 5.41) is 4.98. The number of nitrogens with zero attached hydrogens (tertiary/aromatic N) is 4. The Morgan fingerprint density at radius 2 is 0.791 bits per heavy atom. The molecule has 9 aromatic carbocycles. The Morgan fingerprint density at radius 1 is 0.343 bits per heavy atom. The van der Waals surface area contributed by atoms with Crippen LogP contribution < -0.4 is 20.7 Å². The summed E-state index contributed by atoms with van der Waals surface area (Å²) in [6.07, 6.45) is 0. The van der Waals surface area contributed by atoms with Crippen molar-refractivity contribution in [1.82, 2.24) is 9.05 Å². The summed E-state index contributed by atoms with van der Waals surface area (Å²) < 4.78 is 5.25. The molecule has 1 aliphatic heterocycles. The Bertz CT molecular complexity index is 3500. The zero-order chi connectivity index (χ0) is 45.6. The Balaban J connectivity index is 1.23. The fraction of sp³-hybridized carbons (Fsp3) is 0.129. The van der Waals surface area contributed by atoms with Gasteiger partial charge in [0.15, 0.2) is 0 Å². The van der Waals surface area contributed by atoms with Crippen LogP contribution in [0.3, 0.4) is 0 Å². The molecule has 0 unspecified atom stereocenters. The molecule has 4 nitrogen and oxygen atoms in total. The summed E-state index contributed by atoms with van der Waals surface area (Å²) in [7, 11) is 0. The second-order valence-electron chi connectivity index (χ2n) is 20.3. The first-order chi connectivity index (χ1) is 32.5. The molecule has 1 aliphatic rings. The van der Waals surface area contributed by atoms with E-state index in [0.29, 0.717) is 0 Å². The predicted octanol–water partition coefficient (Wildman–Crippen LogP) is 15.4. The van der Waals surface area contributed by atoms with Crippen molar-refractivity contribution in [2.24, 2.45) is 0 Å². The first-order valence-corrected chi connectivity index (χ1v) is 23.6. The number of hydrogen-bond donors (Lipinski definition) is 0. The number of aromatic nitrogens is 2. The summed E-state index contributed by atoms with van der Waals surface area (Å²) in [6.45, 7) is 13.8. The van der Waals surface area contributed by atoms with Crippen LogP contribution in [0.2, 0.25) is 0 Å². The molecule has 0 aliphatic carbocycles. The molecule has 0 fully saturated rings. The van der Waals surface area contributed by atoms with Gasteiger partial charge in [-0.15, -0.1) is 0 Å². The Morgan fingerprint density at radius 3 is 1.28 bits per heavy atom. The third kappa shape index (κ3) is 6.67. The molecule has 0 atom stereocenters. The maximum Gasteiger partial charge on any atom is 0.332 e. The van der Waals surface area contributed by atoms with E-state index in [0.717, 1.165) is 34.1 Å². The molecule has 0 N–H and O–H groups in total. The lowest BCUT2D eigenvalue weighted by Gasteiger charge is -2.31. The van der Waals surface area contributed by atoms with Gasteiger partial charge in [-0.2, -0.15) is 0 Å². The fourth-order valence-electron chi connectivity index (χ4n) is 10.7. The van der Waals surface area contributed by atoms with Crippen LogP contribution in [-0.2, 0) is 10.8 Å². The number of hydrogen-bond acceptors (Lipinski definition) is 2. The SMILES string of the molecule is CC(C)(C)c1ccc2c3ccc(C(C)(C)C)cc3n(B3c4ccccc4-n4c5ccc(N(c6ccccc6)c6ccccc6)cc5c5cc(N(c6ccccc6)c6ccccc6)cc3c54)c2c1. The highest BCUT2D eigenvalue weighted by atomic mass is 15.2. The van der Waals surface area contributed by atoms with Crippen LogP contribution in [-0.4, -0.2) is 15.9 Å². The number of rotatable bonds is 7. The van der Waals surface area contributed by atoms with Gasteiger partial charge in [0, 0.05) is 72.4 Å². The molecule has 0 spiro atoms. The van der Waals surface area contributed by atoms with Crippen molar-refractivity contribution < 1.29 is 0 Å². The van der Waals surface area contributed by atoms with Crippen molar-refractivity contribution in [1.29, 1.82) is 0 Å². The van der Waals surface area contributed by atoms with Gasteiger partial charge >= 0.3 is 6.85 Å². The molecule has 0 radical (unpaired) electrons. The van der Waals surface area contributed by atoms with Gasteiger partial charge in [0.05, 0.1) is 11.0 Å². The summed E-state index contributed by atoms with van der Waals surface area (Å²) >= 11 is 0. The fourth-order valence-corrected chi connectivity index (χ4v) is 10.7. The van der Waals surface area contributed by atoms with E-state index in [2.05, 4.69) is 273 Å². The van der Waals surface area contributed by atoms with Crippen molar-refractivity contribution in [3.63, 3.8) is 0 Å². The van der Waals surface area contributed by atoms with Gasteiger partial charge in [0.1, 0.15) is 0 Å². The monoisotopic (exact) mass is 864 g/mol. The zero-order valence-electron chi connectivity index (χ0n) is 39.1. The molecule has 0 saturated carbocycles. The lowest BCUT2D eigenvalue weighted by Crippen LogP contribution is -2.53. The summed E-state index contributed by atoms with van der Waals surface area (Å²) in [5.74, 6) is 0. The molecule has 0 amide bonds. The highest BCUT2D eigenvalue weighted by molar-refractivity contribution is 6.88. The van der Waals surface area contributed by atoms with Crippen LogP contribution in [0.5, 0.6) is 0 Å². The maximum atomic E-state index is 2.70. The van der Waals surface area contributed by atoms with Gasteiger partial charge in [-0.05, 0) is 130 Å². The minimum atomic E-state index is -0.154. The van der Waals surface area contributed by atoms with Crippen LogP contribution in [0.1, 0.15) is 52.7 Å². The average molecular weight is 865 g/mol. The van der Waals surface area contributed by atoms with Crippen molar-refractivity contribution in [3.05, 3.63) is 223 Å². The summed E-state index contributed by atoms with van der Waals surface area (Å²) in [5.41, 5.74) is 17.9. The molecule has 3 heterocycles. The highest BCUT2D eigenvalue weighted by Crippen LogP contribution is 2.44. The molecule has 324 valence electrons. The van der Waals surface area contributed by atoms with Crippen LogP contribution >= 0.6 is 0 Å². The second kappa shape index (κ2) is 15.4. The molecule has 11 aromatic rings. The first-order valence-electron chi connectivity index (χ1n) is 23.6. The van der Waals surface area contributed by atoms with E-state index in [9.17, 15) is 0 Å². The lowest BCUT2D eigenvalue weighted by molar-refractivity contribution is 0.591. The Kier molecular flexibility index (Phi) is 9.38. The van der Waals surface area contributed by atoms with Crippen LogP contribution in [0.25, 0.3) is 49.3 Å². The Hall–Kier alpha value is -7.76. The zero-order valence-corrected chi connectivity index (χ0v) is 39.1. The number of fused-ring (bicyclic) bond motifs is 8. The average Bonchev–Trinajstić information content (AvgIpc) is 3.85. The summed E-state index contributed by atoms with van der Waals surface area (Å²) in [6, 6.07) is 78.7. The number of benzene rings is 9. The largest absolute Gasteiger partial charge is 0.376 e. The third-order valence-corrected chi connectivity index (χ3v) is 14.0. The maximum absolute atomic E-state index is 2.70. The highest BCUT2D eigenvalue weighted by Gasteiger charge is 2.38. The molecule has 0 saturated heterocycles. The van der Waals surface area contributed by atoms with E-state index in [-0.39, 0.29) is 17.7 Å². The smallest absolute Gasteiger partial charge is 0.332 e. The number of para-hydroxylation sites is 5. The van der Waals surface area contributed by atoms with Crippen molar-refractivity contribution in [3.8, 4) is 5.69 Å². The van der Waals surface area contributed by atoms with E-state index < -0.39 is 0 Å². The normalized spacial score (nSPS) is 12.6. The van der Waals surface area contributed by atoms with Crippen LogP contribution in [0.4, 0.5) is 34.1 Å². The van der Waals surface area contributed by atoms with Gasteiger partial charge in [0.25, 0.3) is 0 Å². The number of anilines is 6. The second-order valence-corrected chi connectivity index (χ2v) is 20.3. The quantitative estimate of drug-likeness (QED) is 0.148. The summed E-state index contributed by atoms with van der Waals surface area (Å²) in [4.78, 5) is 4.81. The van der Waals surface area contributed by atoms with E-state index in [1.54, 1.807) is 0 Å². The van der Waals surface area contributed by atoms with E-state index in [1.807, 2.05) is 0 Å². The van der Waals surface area contributed by atoms with E-state index in [1.165, 1.54) is 71.4 Å². The predicted molar refractivity (Wildman–Crippen MR) is 287 cm³/mol. The van der Waals surface area contributed by atoms with Gasteiger partial charge in [0.2, 0.25) is 0 Å². The van der Waals surface area contributed by atoms with Crippen molar-refractivity contribution in [2.45, 2.75) is 52.4 Å². The molecule has 0 bridgehead atoms. The molecule has 67 heavy (non-hydrogen) atoms. The lowest BCUT2D eigenvalue weighted by atomic mass is 9.48. The minimum absolute atomic E-state index is 0.0346. The standard InChI is InChI=1S/C62H53BN4/c1-61(2,3)42-31-34-50-51-35-32-43(62(4,5)6)38-59(51)67(58(50)37-42)63-54-29-19-20-30-57(54)66-56-36-33-48(64(44-21-11-7-12-22-44)45-23-13-8-14-24-45)39-52(56)53-40-49(41-55(63)60(53)66)65(46-25-15-9-16-26-46)47-27-17-10-18-28-47/h7-41H,1-6H3.